The Labute approximate surface area is 142 Å². The number of nitrogens with one attached hydrogen (secondary N) is 1. The maximum Gasteiger partial charge on any atom is 0.271 e. The summed E-state index contributed by atoms with van der Waals surface area (Å²) in [5, 5.41) is 5.78. The van der Waals surface area contributed by atoms with E-state index in [-0.39, 0.29) is 4.21 Å². The molecule has 120 valence electrons. The molecular weight excluding hydrogens is 358 g/mol. The predicted molar refractivity (Wildman–Crippen MR) is 89.3 cm³/mol. The normalized spacial score (nSPS) is 11.6. The summed E-state index contributed by atoms with van der Waals surface area (Å²) >= 11 is 7.14. The number of anilines is 1. The Bertz CT molecular complexity index is 963. The third-order valence-electron chi connectivity index (χ3n) is 2.99. The Morgan fingerprint density at radius 3 is 2.70 bits per heavy atom. The first-order valence-electron chi connectivity index (χ1n) is 6.53. The second kappa shape index (κ2) is 5.95. The number of aryl methyl sites for hydroxylation is 2. The van der Waals surface area contributed by atoms with Crippen LogP contribution in [0.5, 0.6) is 0 Å². The van der Waals surface area contributed by atoms with Crippen molar-refractivity contribution >= 4 is 38.6 Å². The van der Waals surface area contributed by atoms with Crippen molar-refractivity contribution in [2.75, 3.05) is 4.72 Å². The van der Waals surface area contributed by atoms with E-state index in [1.165, 1.54) is 6.07 Å². The molecule has 2 aromatic heterocycles. The van der Waals surface area contributed by atoms with Gasteiger partial charge in [-0.3, -0.25) is 4.72 Å². The van der Waals surface area contributed by atoms with Gasteiger partial charge in [0, 0.05) is 17.9 Å². The number of hydrogen-bond acceptors (Lipinski definition) is 6. The van der Waals surface area contributed by atoms with Crippen molar-refractivity contribution < 1.29 is 12.9 Å². The van der Waals surface area contributed by atoms with Crippen LogP contribution >= 0.6 is 22.9 Å². The fourth-order valence-electron chi connectivity index (χ4n) is 1.89. The quantitative estimate of drug-likeness (QED) is 0.754. The van der Waals surface area contributed by atoms with Gasteiger partial charge in [0.25, 0.3) is 10.0 Å². The highest BCUT2D eigenvalue weighted by Crippen LogP contribution is 2.30. The van der Waals surface area contributed by atoms with Gasteiger partial charge < -0.3 is 4.52 Å². The molecule has 0 spiro atoms. The molecule has 3 rings (SSSR count). The number of nitrogens with zero attached hydrogens (tertiary/aromatic N) is 2. The molecule has 9 heteroatoms. The van der Waals surface area contributed by atoms with Crippen LogP contribution in [0.4, 0.5) is 5.69 Å². The van der Waals surface area contributed by atoms with Crippen LogP contribution < -0.4 is 4.72 Å². The lowest BCUT2D eigenvalue weighted by atomic mass is 10.2. The first-order valence-corrected chi connectivity index (χ1v) is 9.27. The zero-order valence-electron chi connectivity index (χ0n) is 12.2. The molecule has 0 aliphatic heterocycles. The van der Waals surface area contributed by atoms with E-state index < -0.39 is 10.0 Å². The second-order valence-corrected chi connectivity index (χ2v) is 8.11. The topological polar surface area (TPSA) is 85.1 Å². The summed E-state index contributed by atoms with van der Waals surface area (Å²) in [7, 11) is -3.73. The standard InChI is InChI=1S/C14H12ClN3O3S2/c1-8-3-4-12(11(15)5-8)18-23(19,20)13-6-10(7-22-13)14-16-9(2)21-17-14/h3-7,18H,1-2H3. The summed E-state index contributed by atoms with van der Waals surface area (Å²) < 4.78 is 32.5. The average Bonchev–Trinajstić information content (AvgIpc) is 3.10. The molecular formula is C14H12ClN3O3S2. The third-order valence-corrected chi connectivity index (χ3v) is 6.11. The van der Waals surface area contributed by atoms with E-state index in [0.29, 0.717) is 28.0 Å². The number of rotatable bonds is 4. The Morgan fingerprint density at radius 2 is 2.04 bits per heavy atom. The van der Waals surface area contributed by atoms with Crippen LogP contribution in [-0.4, -0.2) is 18.6 Å². The summed E-state index contributed by atoms with van der Waals surface area (Å²) in [6.07, 6.45) is 0. The Kier molecular flexibility index (Phi) is 4.13. The molecule has 0 saturated carbocycles. The van der Waals surface area contributed by atoms with Gasteiger partial charge in [-0.25, -0.2) is 8.42 Å². The van der Waals surface area contributed by atoms with Crippen LogP contribution in [0.25, 0.3) is 11.4 Å². The zero-order chi connectivity index (χ0) is 16.6. The van der Waals surface area contributed by atoms with Gasteiger partial charge in [0.1, 0.15) is 4.21 Å². The van der Waals surface area contributed by atoms with Gasteiger partial charge in [0.15, 0.2) is 0 Å². The maximum atomic E-state index is 12.5. The van der Waals surface area contributed by atoms with Crippen molar-refractivity contribution in [3.63, 3.8) is 0 Å². The third kappa shape index (κ3) is 3.39. The molecule has 0 bridgehead atoms. The van der Waals surface area contributed by atoms with Gasteiger partial charge in [0.05, 0.1) is 10.7 Å². The highest BCUT2D eigenvalue weighted by atomic mass is 35.5. The fourth-order valence-corrected chi connectivity index (χ4v) is 4.47. The van der Waals surface area contributed by atoms with Crippen molar-refractivity contribution in [2.24, 2.45) is 0 Å². The summed E-state index contributed by atoms with van der Waals surface area (Å²) in [4.78, 5) is 4.08. The minimum absolute atomic E-state index is 0.145. The highest BCUT2D eigenvalue weighted by molar-refractivity contribution is 7.94. The molecule has 0 unspecified atom stereocenters. The SMILES string of the molecule is Cc1ccc(NS(=O)(=O)c2cc(-c3noc(C)n3)cs2)c(Cl)c1. The number of aromatic nitrogens is 2. The molecule has 2 heterocycles. The molecule has 1 aromatic carbocycles. The van der Waals surface area contributed by atoms with Gasteiger partial charge >= 0.3 is 0 Å². The molecule has 0 saturated heterocycles. The van der Waals surface area contributed by atoms with Crippen molar-refractivity contribution in [3.05, 3.63) is 46.1 Å². The predicted octanol–water partition coefficient (Wildman–Crippen LogP) is 3.87. The number of hydrogen-bond donors (Lipinski definition) is 1. The van der Waals surface area contributed by atoms with E-state index in [2.05, 4.69) is 14.9 Å². The van der Waals surface area contributed by atoms with Gasteiger partial charge in [-0.15, -0.1) is 11.3 Å². The van der Waals surface area contributed by atoms with E-state index in [1.54, 1.807) is 30.5 Å². The molecule has 3 aromatic rings. The van der Waals surface area contributed by atoms with Gasteiger partial charge in [-0.05, 0) is 30.7 Å². The molecule has 0 atom stereocenters. The number of halogens is 1. The Hall–Kier alpha value is -1.90. The lowest BCUT2D eigenvalue weighted by molar-refractivity contribution is 0.394. The Morgan fingerprint density at radius 1 is 1.26 bits per heavy atom. The maximum absolute atomic E-state index is 12.5. The molecule has 6 nitrogen and oxygen atoms in total. The fraction of sp³-hybridized carbons (Fsp3) is 0.143. The summed E-state index contributed by atoms with van der Waals surface area (Å²) in [6.45, 7) is 3.55. The van der Waals surface area contributed by atoms with Crippen LogP contribution in [0, 0.1) is 13.8 Å². The molecule has 1 N–H and O–H groups in total. The minimum Gasteiger partial charge on any atom is -0.339 e. The smallest absolute Gasteiger partial charge is 0.271 e. The Balaban J connectivity index is 1.89. The number of benzene rings is 1. The lowest BCUT2D eigenvalue weighted by Crippen LogP contribution is -2.11. The monoisotopic (exact) mass is 369 g/mol. The first-order chi connectivity index (χ1) is 10.8. The molecule has 0 radical (unpaired) electrons. The summed E-state index contributed by atoms with van der Waals surface area (Å²) in [5.41, 5.74) is 1.87. The minimum atomic E-state index is -3.73. The number of sulfonamides is 1. The van der Waals surface area contributed by atoms with E-state index in [9.17, 15) is 8.42 Å². The lowest BCUT2D eigenvalue weighted by Gasteiger charge is -2.08. The van der Waals surface area contributed by atoms with Crippen LogP contribution in [-0.2, 0) is 10.0 Å². The van der Waals surface area contributed by atoms with Gasteiger partial charge in [-0.2, -0.15) is 4.98 Å². The van der Waals surface area contributed by atoms with Crippen molar-refractivity contribution in [2.45, 2.75) is 18.1 Å². The van der Waals surface area contributed by atoms with Crippen LogP contribution in [0.2, 0.25) is 5.02 Å². The largest absolute Gasteiger partial charge is 0.339 e. The van der Waals surface area contributed by atoms with E-state index in [0.717, 1.165) is 16.9 Å². The molecule has 23 heavy (non-hydrogen) atoms. The van der Waals surface area contributed by atoms with Crippen molar-refractivity contribution in [1.82, 2.24) is 10.1 Å². The van der Waals surface area contributed by atoms with Crippen LogP contribution in [0.15, 0.2) is 38.4 Å². The molecule has 0 fully saturated rings. The van der Waals surface area contributed by atoms with Crippen LogP contribution in [0.3, 0.4) is 0 Å². The first kappa shape index (κ1) is 16.0. The second-order valence-electron chi connectivity index (χ2n) is 4.88. The zero-order valence-corrected chi connectivity index (χ0v) is 14.6. The summed E-state index contributed by atoms with van der Waals surface area (Å²) in [5.74, 6) is 0.772. The van der Waals surface area contributed by atoms with E-state index in [1.807, 2.05) is 6.92 Å². The van der Waals surface area contributed by atoms with E-state index in [4.69, 9.17) is 16.1 Å². The highest BCUT2D eigenvalue weighted by Gasteiger charge is 2.20. The van der Waals surface area contributed by atoms with Gasteiger partial charge in [-0.1, -0.05) is 22.8 Å². The average molecular weight is 370 g/mol. The molecule has 0 aliphatic rings. The van der Waals surface area contributed by atoms with Gasteiger partial charge in [0.2, 0.25) is 11.7 Å². The number of thiophene rings is 1. The van der Waals surface area contributed by atoms with Crippen LogP contribution in [0.1, 0.15) is 11.5 Å². The van der Waals surface area contributed by atoms with Crippen molar-refractivity contribution in [1.29, 1.82) is 0 Å². The van der Waals surface area contributed by atoms with Crippen molar-refractivity contribution in [3.8, 4) is 11.4 Å². The summed E-state index contributed by atoms with van der Waals surface area (Å²) in [6, 6.07) is 6.61. The molecule has 0 amide bonds. The van der Waals surface area contributed by atoms with E-state index >= 15 is 0 Å². The molecule has 0 aliphatic carbocycles.